The summed E-state index contributed by atoms with van der Waals surface area (Å²) in [7, 11) is 0. The van der Waals surface area contributed by atoms with Crippen molar-refractivity contribution < 1.29 is 5.11 Å². The Morgan fingerprint density at radius 3 is 2.40 bits per heavy atom. The monoisotopic (exact) mass is 211 g/mol. The number of anilines is 1. The van der Waals surface area contributed by atoms with E-state index in [0.29, 0.717) is 6.04 Å². The van der Waals surface area contributed by atoms with Gasteiger partial charge in [0.1, 0.15) is 0 Å². The van der Waals surface area contributed by atoms with Gasteiger partial charge in [0.25, 0.3) is 0 Å². The van der Waals surface area contributed by atoms with Gasteiger partial charge in [0.15, 0.2) is 0 Å². The van der Waals surface area contributed by atoms with Crippen LogP contribution in [-0.4, -0.2) is 26.5 Å². The molecule has 0 aliphatic carbocycles. The topological polar surface area (TPSA) is 50.1 Å². The molecule has 0 fully saturated rings. The second-order valence-electron chi connectivity index (χ2n) is 4.82. The minimum absolute atomic E-state index is 0.0117. The highest BCUT2D eigenvalue weighted by atomic mass is 16.3. The van der Waals surface area contributed by atoms with Gasteiger partial charge in [-0.1, -0.05) is 0 Å². The average Bonchev–Trinajstić information content (AvgIpc) is 2.50. The molecule has 0 aromatic carbocycles. The standard InChI is InChI=1S/C11H21N3O/c1-8(2)14-7-10(6-12-14)13-9(3)11(4,5)15/h6-9,13,15H,1-5H3. The number of hydrogen-bond donors (Lipinski definition) is 2. The van der Waals surface area contributed by atoms with E-state index in [1.165, 1.54) is 0 Å². The van der Waals surface area contributed by atoms with E-state index in [-0.39, 0.29) is 6.04 Å². The number of aromatic nitrogens is 2. The minimum atomic E-state index is -0.736. The smallest absolute Gasteiger partial charge is 0.0789 e. The SMILES string of the molecule is CC(C)n1cc(NC(C)C(C)(C)O)cn1. The van der Waals surface area contributed by atoms with Crippen LogP contribution in [-0.2, 0) is 0 Å². The summed E-state index contributed by atoms with van der Waals surface area (Å²) in [6.45, 7) is 9.69. The van der Waals surface area contributed by atoms with Gasteiger partial charge in [-0.2, -0.15) is 5.10 Å². The molecule has 1 aromatic rings. The molecule has 1 aromatic heterocycles. The molecule has 0 aliphatic rings. The van der Waals surface area contributed by atoms with E-state index in [9.17, 15) is 5.11 Å². The Balaban J connectivity index is 2.65. The van der Waals surface area contributed by atoms with Gasteiger partial charge in [-0.15, -0.1) is 0 Å². The molecule has 0 saturated carbocycles. The number of hydrogen-bond acceptors (Lipinski definition) is 3. The third-order valence-corrected chi connectivity index (χ3v) is 2.57. The maximum atomic E-state index is 9.77. The van der Waals surface area contributed by atoms with Crippen molar-refractivity contribution >= 4 is 5.69 Å². The second kappa shape index (κ2) is 4.23. The maximum Gasteiger partial charge on any atom is 0.0789 e. The predicted molar refractivity (Wildman–Crippen MR) is 62.0 cm³/mol. The molecule has 86 valence electrons. The van der Waals surface area contributed by atoms with Crippen molar-refractivity contribution in [2.45, 2.75) is 52.3 Å². The van der Waals surface area contributed by atoms with E-state index in [1.807, 2.05) is 17.8 Å². The van der Waals surface area contributed by atoms with Gasteiger partial charge in [-0.25, -0.2) is 0 Å². The molecule has 0 bridgehead atoms. The summed E-state index contributed by atoms with van der Waals surface area (Å²) in [6.07, 6.45) is 3.73. The maximum absolute atomic E-state index is 9.77. The summed E-state index contributed by atoms with van der Waals surface area (Å²) in [5.74, 6) is 0. The third kappa shape index (κ3) is 3.23. The lowest BCUT2D eigenvalue weighted by Crippen LogP contribution is -2.39. The van der Waals surface area contributed by atoms with Crippen LogP contribution in [0.4, 0.5) is 5.69 Å². The molecule has 0 amide bonds. The number of nitrogens with one attached hydrogen (secondary N) is 1. The molecular formula is C11H21N3O. The highest BCUT2D eigenvalue weighted by Crippen LogP contribution is 2.16. The van der Waals surface area contributed by atoms with Crippen molar-refractivity contribution in [1.29, 1.82) is 0 Å². The Morgan fingerprint density at radius 2 is 2.00 bits per heavy atom. The van der Waals surface area contributed by atoms with Gasteiger partial charge in [-0.05, 0) is 34.6 Å². The summed E-state index contributed by atoms with van der Waals surface area (Å²) >= 11 is 0. The molecule has 1 rings (SSSR count). The Hall–Kier alpha value is -1.03. The van der Waals surface area contributed by atoms with Crippen LogP contribution in [0.1, 0.15) is 40.7 Å². The van der Waals surface area contributed by atoms with Crippen molar-refractivity contribution in [1.82, 2.24) is 9.78 Å². The summed E-state index contributed by atoms with van der Waals surface area (Å²) in [5, 5.41) is 17.2. The number of rotatable bonds is 4. The van der Waals surface area contributed by atoms with Crippen molar-refractivity contribution in [2.75, 3.05) is 5.32 Å². The summed E-state index contributed by atoms with van der Waals surface area (Å²) < 4.78 is 1.89. The molecule has 2 N–H and O–H groups in total. The zero-order chi connectivity index (χ0) is 11.6. The molecule has 4 heteroatoms. The first kappa shape index (κ1) is 12.0. The molecule has 0 spiro atoms. The van der Waals surface area contributed by atoms with Crippen LogP contribution < -0.4 is 5.32 Å². The molecular weight excluding hydrogens is 190 g/mol. The van der Waals surface area contributed by atoms with Crippen LogP contribution >= 0.6 is 0 Å². The first-order chi connectivity index (χ1) is 6.80. The van der Waals surface area contributed by atoms with Crippen molar-refractivity contribution in [3.8, 4) is 0 Å². The predicted octanol–water partition coefficient (Wildman–Crippen LogP) is 2.04. The molecule has 15 heavy (non-hydrogen) atoms. The van der Waals surface area contributed by atoms with Crippen molar-refractivity contribution in [3.05, 3.63) is 12.4 Å². The Morgan fingerprint density at radius 1 is 1.40 bits per heavy atom. The van der Waals surface area contributed by atoms with Crippen LogP contribution in [0.15, 0.2) is 12.4 Å². The van der Waals surface area contributed by atoms with Gasteiger partial charge >= 0.3 is 0 Å². The molecule has 0 aliphatic heterocycles. The largest absolute Gasteiger partial charge is 0.388 e. The van der Waals surface area contributed by atoms with Crippen LogP contribution in [0.2, 0.25) is 0 Å². The average molecular weight is 211 g/mol. The van der Waals surface area contributed by atoms with Gasteiger partial charge in [0.2, 0.25) is 0 Å². The highest BCUT2D eigenvalue weighted by molar-refractivity contribution is 5.39. The quantitative estimate of drug-likeness (QED) is 0.801. The molecule has 0 saturated heterocycles. The van der Waals surface area contributed by atoms with Crippen LogP contribution in [0.25, 0.3) is 0 Å². The zero-order valence-corrected chi connectivity index (χ0v) is 10.2. The Bertz CT molecular complexity index is 312. The Labute approximate surface area is 91.3 Å². The fourth-order valence-corrected chi connectivity index (χ4v) is 1.12. The van der Waals surface area contributed by atoms with E-state index in [4.69, 9.17) is 0 Å². The Kier molecular flexibility index (Phi) is 3.39. The van der Waals surface area contributed by atoms with Gasteiger partial charge in [0.05, 0.1) is 23.5 Å². The summed E-state index contributed by atoms with van der Waals surface area (Å²) in [4.78, 5) is 0. The van der Waals surface area contributed by atoms with E-state index in [2.05, 4.69) is 24.3 Å². The van der Waals surface area contributed by atoms with Crippen LogP contribution in [0, 0.1) is 0 Å². The van der Waals surface area contributed by atoms with E-state index in [0.717, 1.165) is 5.69 Å². The van der Waals surface area contributed by atoms with Crippen molar-refractivity contribution in [2.24, 2.45) is 0 Å². The fourth-order valence-electron chi connectivity index (χ4n) is 1.12. The molecule has 1 atom stereocenters. The molecule has 4 nitrogen and oxygen atoms in total. The van der Waals surface area contributed by atoms with Crippen LogP contribution in [0.5, 0.6) is 0 Å². The third-order valence-electron chi connectivity index (χ3n) is 2.57. The molecule has 0 radical (unpaired) electrons. The lowest BCUT2D eigenvalue weighted by atomic mass is 10.0. The normalized spacial score (nSPS) is 14.3. The zero-order valence-electron chi connectivity index (χ0n) is 10.2. The van der Waals surface area contributed by atoms with Gasteiger partial charge in [0, 0.05) is 12.2 Å². The fraction of sp³-hybridized carbons (Fsp3) is 0.727. The van der Waals surface area contributed by atoms with E-state index in [1.54, 1.807) is 20.0 Å². The summed E-state index contributed by atoms with van der Waals surface area (Å²) in [6, 6.07) is 0.348. The van der Waals surface area contributed by atoms with Gasteiger partial charge < -0.3 is 10.4 Å². The first-order valence-electron chi connectivity index (χ1n) is 5.33. The summed E-state index contributed by atoms with van der Waals surface area (Å²) in [5.41, 5.74) is 0.207. The highest BCUT2D eigenvalue weighted by Gasteiger charge is 2.22. The van der Waals surface area contributed by atoms with E-state index >= 15 is 0 Å². The molecule has 1 unspecified atom stereocenters. The minimum Gasteiger partial charge on any atom is -0.388 e. The number of nitrogens with zero attached hydrogens (tertiary/aromatic N) is 2. The van der Waals surface area contributed by atoms with Gasteiger partial charge in [-0.3, -0.25) is 4.68 Å². The van der Waals surface area contributed by atoms with Crippen LogP contribution in [0.3, 0.4) is 0 Å². The first-order valence-corrected chi connectivity index (χ1v) is 5.33. The second-order valence-corrected chi connectivity index (χ2v) is 4.82. The van der Waals surface area contributed by atoms with Crippen molar-refractivity contribution in [3.63, 3.8) is 0 Å². The molecule has 1 heterocycles. The lowest BCUT2D eigenvalue weighted by Gasteiger charge is -2.26. The number of aliphatic hydroxyl groups is 1. The van der Waals surface area contributed by atoms with E-state index < -0.39 is 5.60 Å². The lowest BCUT2D eigenvalue weighted by molar-refractivity contribution is 0.0649.